The zero-order valence-electron chi connectivity index (χ0n) is 17.9. The molecule has 0 amide bonds. The number of rotatable bonds is 6. The molecule has 158 valence electrons. The Morgan fingerprint density at radius 3 is 2.60 bits per heavy atom. The van der Waals surface area contributed by atoms with E-state index in [1.807, 2.05) is 31.3 Å². The van der Waals surface area contributed by atoms with Gasteiger partial charge in [0.25, 0.3) is 0 Å². The Bertz CT molecular complexity index is 971. The van der Waals surface area contributed by atoms with Crippen LogP contribution in [0.25, 0.3) is 10.4 Å². The molecule has 3 N–H and O–H groups in total. The van der Waals surface area contributed by atoms with Crippen molar-refractivity contribution in [3.05, 3.63) is 54.1 Å². The number of hydrogen-bond donors (Lipinski definition) is 2. The second-order valence-corrected chi connectivity index (χ2v) is 9.82. The van der Waals surface area contributed by atoms with Crippen LogP contribution in [0.3, 0.4) is 0 Å². The van der Waals surface area contributed by atoms with Gasteiger partial charge in [-0.25, -0.2) is 15.0 Å². The number of aryl methyl sites for hydroxylation is 1. The fourth-order valence-corrected chi connectivity index (χ4v) is 4.83. The van der Waals surface area contributed by atoms with Gasteiger partial charge < -0.3 is 16.0 Å². The van der Waals surface area contributed by atoms with E-state index in [1.165, 1.54) is 5.56 Å². The summed E-state index contributed by atoms with van der Waals surface area (Å²) in [5.74, 6) is 2.07. The van der Waals surface area contributed by atoms with E-state index < -0.39 is 0 Å². The van der Waals surface area contributed by atoms with E-state index >= 15 is 0 Å². The fraction of sp³-hybridized carbons (Fsp3) is 0.435. The van der Waals surface area contributed by atoms with Crippen LogP contribution >= 0.6 is 11.3 Å². The molecule has 1 fully saturated rings. The van der Waals surface area contributed by atoms with E-state index in [-0.39, 0.29) is 5.54 Å². The lowest BCUT2D eigenvalue weighted by molar-refractivity contribution is 0.178. The first-order chi connectivity index (χ1) is 14.4. The zero-order chi connectivity index (χ0) is 21.1. The van der Waals surface area contributed by atoms with Gasteiger partial charge in [0.2, 0.25) is 0 Å². The van der Waals surface area contributed by atoms with Gasteiger partial charge in [-0.15, -0.1) is 0 Å². The highest BCUT2D eigenvalue weighted by Gasteiger charge is 2.25. The molecule has 1 aromatic carbocycles. The van der Waals surface area contributed by atoms with Crippen LogP contribution in [0.2, 0.25) is 0 Å². The summed E-state index contributed by atoms with van der Waals surface area (Å²) in [6.45, 7) is 9.19. The molecule has 30 heavy (non-hydrogen) atoms. The Balaban J connectivity index is 1.44. The van der Waals surface area contributed by atoms with Crippen LogP contribution in [-0.2, 0) is 0 Å². The Morgan fingerprint density at radius 1 is 1.17 bits per heavy atom. The average molecular weight is 423 g/mol. The summed E-state index contributed by atoms with van der Waals surface area (Å²) >= 11 is 1.63. The van der Waals surface area contributed by atoms with Gasteiger partial charge in [0.1, 0.15) is 11.6 Å². The molecule has 0 atom stereocenters. The maximum Gasteiger partial charge on any atom is 0.188 e. The lowest BCUT2D eigenvalue weighted by Gasteiger charge is -2.35. The van der Waals surface area contributed by atoms with E-state index in [9.17, 15) is 0 Å². The van der Waals surface area contributed by atoms with Crippen LogP contribution in [0, 0.1) is 6.92 Å². The SMILES string of the molecule is Cc1nc(Nc2ncc(-c3ccccc3)s2)cc(C2CCN(CC(C)(C)N)CC2)n1. The maximum absolute atomic E-state index is 6.19. The number of aromatic nitrogens is 3. The summed E-state index contributed by atoms with van der Waals surface area (Å²) in [4.78, 5) is 17.5. The van der Waals surface area contributed by atoms with Gasteiger partial charge in [0.15, 0.2) is 5.13 Å². The van der Waals surface area contributed by atoms with Gasteiger partial charge >= 0.3 is 0 Å². The van der Waals surface area contributed by atoms with Crippen molar-refractivity contribution in [2.24, 2.45) is 5.73 Å². The highest BCUT2D eigenvalue weighted by Crippen LogP contribution is 2.32. The number of thiazole rings is 1. The molecule has 6 nitrogen and oxygen atoms in total. The molecular weight excluding hydrogens is 392 g/mol. The summed E-state index contributed by atoms with van der Waals surface area (Å²) in [7, 11) is 0. The Morgan fingerprint density at radius 2 is 1.90 bits per heavy atom. The summed E-state index contributed by atoms with van der Waals surface area (Å²) in [6, 6.07) is 12.4. The third-order valence-corrected chi connectivity index (χ3v) is 6.26. The molecule has 0 radical (unpaired) electrons. The number of nitrogens with zero attached hydrogens (tertiary/aromatic N) is 4. The molecule has 0 saturated carbocycles. The smallest absolute Gasteiger partial charge is 0.188 e. The van der Waals surface area contributed by atoms with Crippen LogP contribution in [-0.4, -0.2) is 45.0 Å². The number of nitrogens with one attached hydrogen (secondary N) is 1. The van der Waals surface area contributed by atoms with Gasteiger partial charge in [0, 0.05) is 36.0 Å². The highest BCUT2D eigenvalue weighted by molar-refractivity contribution is 7.18. The molecule has 0 spiro atoms. The average Bonchev–Trinajstić information content (AvgIpc) is 3.16. The number of nitrogens with two attached hydrogens (primary N) is 1. The summed E-state index contributed by atoms with van der Waals surface area (Å²) < 4.78 is 0. The highest BCUT2D eigenvalue weighted by atomic mass is 32.1. The summed E-state index contributed by atoms with van der Waals surface area (Å²) in [5, 5.41) is 4.23. The monoisotopic (exact) mass is 422 g/mol. The topological polar surface area (TPSA) is 80.0 Å². The first-order valence-electron chi connectivity index (χ1n) is 10.5. The molecule has 1 aliphatic rings. The lowest BCUT2D eigenvalue weighted by Crippen LogP contribution is -2.47. The zero-order valence-corrected chi connectivity index (χ0v) is 18.7. The number of hydrogen-bond acceptors (Lipinski definition) is 7. The van der Waals surface area contributed by atoms with E-state index in [1.54, 1.807) is 11.3 Å². The van der Waals surface area contributed by atoms with Crippen molar-refractivity contribution in [2.45, 2.75) is 45.1 Å². The fourth-order valence-electron chi connectivity index (χ4n) is 4.00. The van der Waals surface area contributed by atoms with E-state index in [0.717, 1.165) is 59.8 Å². The Hall–Kier alpha value is -2.35. The van der Waals surface area contributed by atoms with Crippen LogP contribution in [0.1, 0.15) is 44.1 Å². The van der Waals surface area contributed by atoms with Crippen molar-refractivity contribution in [3.8, 4) is 10.4 Å². The second-order valence-electron chi connectivity index (χ2n) is 8.78. The largest absolute Gasteiger partial charge is 0.324 e. The van der Waals surface area contributed by atoms with Crippen molar-refractivity contribution in [3.63, 3.8) is 0 Å². The molecule has 3 heterocycles. The van der Waals surface area contributed by atoms with Crippen LogP contribution in [0.4, 0.5) is 10.9 Å². The van der Waals surface area contributed by atoms with E-state index in [4.69, 9.17) is 10.7 Å². The van der Waals surface area contributed by atoms with Gasteiger partial charge in [-0.05, 0) is 52.3 Å². The number of anilines is 2. The minimum absolute atomic E-state index is 0.151. The predicted octanol–water partition coefficient (Wildman–Crippen LogP) is 4.57. The Labute approximate surface area is 182 Å². The molecule has 2 aromatic heterocycles. The van der Waals surface area contributed by atoms with Gasteiger partial charge in [0.05, 0.1) is 4.88 Å². The molecule has 0 aliphatic carbocycles. The molecular formula is C23H30N6S. The molecule has 1 saturated heterocycles. The number of likely N-dealkylation sites (tertiary alicyclic amines) is 1. The minimum Gasteiger partial charge on any atom is -0.324 e. The van der Waals surface area contributed by atoms with Gasteiger partial charge in [-0.1, -0.05) is 41.7 Å². The second kappa shape index (κ2) is 8.79. The summed E-state index contributed by atoms with van der Waals surface area (Å²) in [6.07, 6.45) is 4.11. The van der Waals surface area contributed by atoms with Crippen molar-refractivity contribution >= 4 is 22.3 Å². The number of benzene rings is 1. The third-order valence-electron chi connectivity index (χ3n) is 5.29. The molecule has 4 rings (SSSR count). The first-order valence-corrected chi connectivity index (χ1v) is 11.3. The normalized spacial score (nSPS) is 16.0. The molecule has 0 bridgehead atoms. The first kappa shape index (κ1) is 20.9. The van der Waals surface area contributed by atoms with Crippen molar-refractivity contribution in [1.29, 1.82) is 0 Å². The van der Waals surface area contributed by atoms with Crippen molar-refractivity contribution in [2.75, 3.05) is 25.0 Å². The van der Waals surface area contributed by atoms with Crippen LogP contribution in [0.5, 0.6) is 0 Å². The van der Waals surface area contributed by atoms with E-state index in [0.29, 0.717) is 5.92 Å². The van der Waals surface area contributed by atoms with Gasteiger partial charge in [-0.2, -0.15) is 0 Å². The van der Waals surface area contributed by atoms with Gasteiger partial charge in [-0.3, -0.25) is 0 Å². The maximum atomic E-state index is 6.19. The van der Waals surface area contributed by atoms with Crippen molar-refractivity contribution < 1.29 is 0 Å². The standard InChI is InChI=1S/C23H30N6S/c1-16-26-19(17-9-11-29(12-10-17)15-23(2,3)24)13-21(27-16)28-22-25-14-20(30-22)18-7-5-4-6-8-18/h4-8,13-14,17H,9-12,15,24H2,1-3H3,(H,25,26,27,28). The summed E-state index contributed by atoms with van der Waals surface area (Å²) in [5.41, 5.74) is 8.34. The third kappa shape index (κ3) is 5.41. The molecule has 0 unspecified atom stereocenters. The lowest BCUT2D eigenvalue weighted by atomic mass is 9.92. The molecule has 7 heteroatoms. The minimum atomic E-state index is -0.151. The van der Waals surface area contributed by atoms with Crippen LogP contribution < -0.4 is 11.1 Å². The molecule has 3 aromatic rings. The number of piperidine rings is 1. The Kier molecular flexibility index (Phi) is 6.13. The molecule has 1 aliphatic heterocycles. The van der Waals surface area contributed by atoms with Crippen molar-refractivity contribution in [1.82, 2.24) is 19.9 Å². The van der Waals surface area contributed by atoms with Crippen LogP contribution in [0.15, 0.2) is 42.6 Å². The van der Waals surface area contributed by atoms with E-state index in [2.05, 4.69) is 52.2 Å². The predicted molar refractivity (Wildman–Crippen MR) is 124 cm³/mol. The quantitative estimate of drug-likeness (QED) is 0.606.